The van der Waals surface area contributed by atoms with Crippen molar-refractivity contribution in [1.29, 1.82) is 0 Å². The SMILES string of the molecule is CC.CC.CC.CC1=CCC(C)CC1.CC1CCC(C)CC1.Cc1ccc(C)cc1. The predicted octanol–water partition coefficient (Wildman–Crippen LogP) is 11.0. The van der Waals surface area contributed by atoms with E-state index >= 15 is 0 Å². The van der Waals surface area contributed by atoms with E-state index < -0.39 is 0 Å². The van der Waals surface area contributed by atoms with E-state index in [0.717, 1.165) is 17.8 Å². The maximum atomic E-state index is 2.37. The first-order valence-electron chi connectivity index (χ1n) is 13.1. The molecule has 1 saturated carbocycles. The normalized spacial score (nSPS) is 21.6. The zero-order chi connectivity index (χ0) is 23.9. The highest BCUT2D eigenvalue weighted by atomic mass is 14.2. The largest absolute Gasteiger partial charge is 0.0853 e. The molecular weight excluding hydrogens is 360 g/mol. The lowest BCUT2D eigenvalue weighted by Gasteiger charge is -2.22. The zero-order valence-electron chi connectivity index (χ0n) is 23.1. The third-order valence-corrected chi connectivity index (χ3v) is 5.42. The Morgan fingerprint density at radius 1 is 0.533 bits per heavy atom. The van der Waals surface area contributed by atoms with Gasteiger partial charge >= 0.3 is 0 Å². The van der Waals surface area contributed by atoms with E-state index in [9.17, 15) is 0 Å². The molecule has 0 radical (unpaired) electrons. The van der Waals surface area contributed by atoms with E-state index in [1.807, 2.05) is 41.5 Å². The number of hydrogen-bond acceptors (Lipinski definition) is 0. The fourth-order valence-corrected chi connectivity index (χ4v) is 3.16. The van der Waals surface area contributed by atoms with Crippen molar-refractivity contribution in [2.75, 3.05) is 0 Å². The molecule has 0 aromatic heterocycles. The van der Waals surface area contributed by atoms with Gasteiger partial charge in [0.1, 0.15) is 0 Å². The van der Waals surface area contributed by atoms with E-state index in [1.54, 1.807) is 5.57 Å². The third-order valence-electron chi connectivity index (χ3n) is 5.42. The van der Waals surface area contributed by atoms with E-state index in [1.165, 1.54) is 56.1 Å². The lowest BCUT2D eigenvalue weighted by molar-refractivity contribution is 0.308. The average Bonchev–Trinajstić information content (AvgIpc) is 2.79. The molecule has 0 heteroatoms. The second-order valence-corrected chi connectivity index (χ2v) is 8.45. The molecule has 0 bridgehead atoms. The van der Waals surface area contributed by atoms with Crippen LogP contribution in [-0.2, 0) is 0 Å². The van der Waals surface area contributed by atoms with Gasteiger partial charge in [0.2, 0.25) is 0 Å². The van der Waals surface area contributed by atoms with Crippen LogP contribution in [-0.4, -0.2) is 0 Å². The topological polar surface area (TPSA) is 0 Å². The molecule has 1 aromatic rings. The van der Waals surface area contributed by atoms with Gasteiger partial charge in [-0.15, -0.1) is 0 Å². The van der Waals surface area contributed by atoms with Crippen LogP contribution in [0.1, 0.15) is 125 Å². The first-order chi connectivity index (χ1) is 14.4. The van der Waals surface area contributed by atoms with Gasteiger partial charge in [-0.1, -0.05) is 135 Å². The smallest absolute Gasteiger partial charge is 0.0320 e. The Balaban J connectivity index is -0.000000323. The van der Waals surface area contributed by atoms with Gasteiger partial charge in [0, 0.05) is 0 Å². The Morgan fingerprint density at radius 2 is 0.867 bits per heavy atom. The predicted molar refractivity (Wildman–Crippen MR) is 144 cm³/mol. The number of hydrogen-bond donors (Lipinski definition) is 0. The molecule has 0 aliphatic heterocycles. The fraction of sp³-hybridized carbons (Fsp3) is 0.733. The summed E-state index contributed by atoms with van der Waals surface area (Å²) in [6.45, 7) is 25.5. The summed E-state index contributed by atoms with van der Waals surface area (Å²) in [4.78, 5) is 0. The Bertz CT molecular complexity index is 426. The van der Waals surface area contributed by atoms with Crippen LogP contribution in [0.4, 0.5) is 0 Å². The molecular formula is C30H58. The van der Waals surface area contributed by atoms with Gasteiger partial charge in [-0.25, -0.2) is 0 Å². The van der Waals surface area contributed by atoms with Crippen molar-refractivity contribution in [2.45, 2.75) is 128 Å². The molecule has 0 spiro atoms. The van der Waals surface area contributed by atoms with E-state index in [2.05, 4.69) is 71.9 Å². The summed E-state index contributed by atoms with van der Waals surface area (Å²) in [5.41, 5.74) is 4.24. The van der Waals surface area contributed by atoms with E-state index in [4.69, 9.17) is 0 Å². The van der Waals surface area contributed by atoms with Crippen molar-refractivity contribution in [3.05, 3.63) is 47.0 Å². The molecule has 0 amide bonds. The molecule has 1 atom stereocenters. The van der Waals surface area contributed by atoms with Gasteiger partial charge < -0.3 is 0 Å². The van der Waals surface area contributed by atoms with Crippen molar-refractivity contribution < 1.29 is 0 Å². The fourth-order valence-electron chi connectivity index (χ4n) is 3.16. The summed E-state index contributed by atoms with van der Waals surface area (Å²) in [5.74, 6) is 2.98. The maximum Gasteiger partial charge on any atom is -0.0320 e. The Morgan fingerprint density at radius 3 is 1.10 bits per heavy atom. The standard InChI is InChI=1S/C8H16.C8H14.C8H10.3C2H6/c3*1-7-3-5-8(2)6-4-7;3*1-2/h7-8H,3-6H2,1-2H3;3,8H,4-6H2,1-2H3;3-6H,1-2H3;3*1-2H3. The monoisotopic (exact) mass is 418 g/mol. The quantitative estimate of drug-likeness (QED) is 0.367. The van der Waals surface area contributed by atoms with Crippen LogP contribution in [0, 0.1) is 31.6 Å². The highest BCUT2D eigenvalue weighted by Gasteiger charge is 2.13. The molecule has 30 heavy (non-hydrogen) atoms. The van der Waals surface area contributed by atoms with E-state index in [0.29, 0.717) is 0 Å². The van der Waals surface area contributed by atoms with Crippen LogP contribution in [0.15, 0.2) is 35.9 Å². The minimum Gasteiger partial charge on any atom is -0.0853 e. The number of rotatable bonds is 0. The second-order valence-electron chi connectivity index (χ2n) is 8.45. The Hall–Kier alpha value is -1.04. The first-order valence-corrected chi connectivity index (χ1v) is 13.1. The Labute approximate surface area is 193 Å². The minimum absolute atomic E-state index is 0.943. The summed E-state index contributed by atoms with van der Waals surface area (Å²) in [6, 6.07) is 8.48. The Kier molecular flexibility index (Phi) is 27.1. The van der Waals surface area contributed by atoms with Gasteiger partial charge in [-0.2, -0.15) is 0 Å². The lowest BCUT2D eigenvalue weighted by atomic mass is 9.84. The summed E-state index contributed by atoms with van der Waals surface area (Å²) >= 11 is 0. The molecule has 0 heterocycles. The van der Waals surface area contributed by atoms with Crippen LogP contribution < -0.4 is 0 Å². The van der Waals surface area contributed by atoms with Gasteiger partial charge in [-0.05, 0) is 57.8 Å². The molecule has 1 aromatic carbocycles. The van der Waals surface area contributed by atoms with Crippen molar-refractivity contribution in [2.24, 2.45) is 17.8 Å². The third kappa shape index (κ3) is 21.7. The van der Waals surface area contributed by atoms with Crippen LogP contribution in [0.2, 0.25) is 0 Å². The number of allylic oxidation sites excluding steroid dienone is 2. The van der Waals surface area contributed by atoms with Crippen LogP contribution in [0.3, 0.4) is 0 Å². The van der Waals surface area contributed by atoms with Crippen LogP contribution in [0.25, 0.3) is 0 Å². The summed E-state index contributed by atoms with van der Waals surface area (Å²) in [7, 11) is 0. The van der Waals surface area contributed by atoms with E-state index in [-0.39, 0.29) is 0 Å². The number of aryl methyl sites for hydroxylation is 2. The van der Waals surface area contributed by atoms with Gasteiger partial charge in [0.15, 0.2) is 0 Å². The lowest BCUT2D eigenvalue weighted by Crippen LogP contribution is -2.08. The number of benzene rings is 1. The highest BCUT2D eigenvalue weighted by Crippen LogP contribution is 2.27. The van der Waals surface area contributed by atoms with Crippen molar-refractivity contribution in [3.8, 4) is 0 Å². The maximum absolute atomic E-state index is 2.37. The highest BCUT2D eigenvalue weighted by molar-refractivity contribution is 5.19. The minimum atomic E-state index is 0.943. The van der Waals surface area contributed by atoms with Crippen molar-refractivity contribution in [3.63, 3.8) is 0 Å². The molecule has 2 aliphatic rings. The second kappa shape index (κ2) is 24.2. The molecule has 178 valence electrons. The summed E-state index contributed by atoms with van der Waals surface area (Å²) in [6.07, 6.45) is 12.3. The van der Waals surface area contributed by atoms with Gasteiger partial charge in [-0.3, -0.25) is 0 Å². The molecule has 0 nitrogen and oxygen atoms in total. The zero-order valence-corrected chi connectivity index (χ0v) is 23.1. The first kappa shape index (κ1) is 33.6. The molecule has 0 saturated heterocycles. The average molecular weight is 419 g/mol. The molecule has 1 fully saturated rings. The van der Waals surface area contributed by atoms with Crippen molar-refractivity contribution >= 4 is 0 Å². The van der Waals surface area contributed by atoms with Crippen LogP contribution in [0.5, 0.6) is 0 Å². The van der Waals surface area contributed by atoms with Crippen LogP contribution >= 0.6 is 0 Å². The summed E-state index contributed by atoms with van der Waals surface area (Å²) in [5, 5.41) is 0. The molecule has 2 aliphatic carbocycles. The van der Waals surface area contributed by atoms with Crippen molar-refractivity contribution in [1.82, 2.24) is 0 Å². The van der Waals surface area contributed by atoms with Gasteiger partial charge in [0.05, 0.1) is 0 Å². The molecule has 1 unspecified atom stereocenters. The molecule has 3 rings (SSSR count). The summed E-state index contributed by atoms with van der Waals surface area (Å²) < 4.78 is 0. The molecule has 0 N–H and O–H groups in total. The van der Waals surface area contributed by atoms with Gasteiger partial charge in [0.25, 0.3) is 0 Å².